The maximum atomic E-state index is 6.23. The maximum Gasteiger partial charge on any atom is 0.154 e. The van der Waals surface area contributed by atoms with E-state index in [4.69, 9.17) is 23.2 Å². The Morgan fingerprint density at radius 3 is 2.38 bits per heavy atom. The van der Waals surface area contributed by atoms with Crippen molar-refractivity contribution in [2.75, 3.05) is 0 Å². The number of rotatable bonds is 3. The summed E-state index contributed by atoms with van der Waals surface area (Å²) in [5, 5.41) is 9.11. The number of aromatic nitrogens is 3. The predicted molar refractivity (Wildman–Crippen MR) is 87.4 cm³/mol. The van der Waals surface area contributed by atoms with E-state index in [0.29, 0.717) is 16.6 Å². The van der Waals surface area contributed by atoms with Gasteiger partial charge >= 0.3 is 0 Å². The Balaban J connectivity index is 2.36. The normalized spacial score (nSPS) is 12.0. The molecule has 0 bridgehead atoms. The number of hydrogen-bond donors (Lipinski definition) is 1. The Bertz CT molecular complexity index is 656. The van der Waals surface area contributed by atoms with Crippen LogP contribution in [0.4, 0.5) is 0 Å². The first-order valence-corrected chi connectivity index (χ1v) is 7.57. The monoisotopic (exact) mass is 326 g/mol. The van der Waals surface area contributed by atoms with Crippen LogP contribution in [0.2, 0.25) is 10.0 Å². The van der Waals surface area contributed by atoms with Gasteiger partial charge in [0.2, 0.25) is 0 Å². The van der Waals surface area contributed by atoms with Gasteiger partial charge in [-0.2, -0.15) is 5.10 Å². The molecule has 0 fully saturated rings. The summed E-state index contributed by atoms with van der Waals surface area (Å²) in [6.45, 7) is 10.7. The zero-order chi connectivity index (χ0) is 15.8. The van der Waals surface area contributed by atoms with Crippen LogP contribution in [0.25, 0.3) is 5.82 Å². The summed E-state index contributed by atoms with van der Waals surface area (Å²) < 4.78 is 1.74. The largest absolute Gasteiger partial charge is 0.306 e. The minimum absolute atomic E-state index is 0.00251. The minimum atomic E-state index is 0.00251. The first-order chi connectivity index (χ1) is 9.69. The van der Waals surface area contributed by atoms with Crippen molar-refractivity contribution < 1.29 is 0 Å². The van der Waals surface area contributed by atoms with Gasteiger partial charge in [-0.05, 0) is 46.8 Å². The lowest BCUT2D eigenvalue weighted by atomic mass is 10.1. The lowest BCUT2D eigenvalue weighted by molar-refractivity contribution is 0.421. The number of nitrogens with zero attached hydrogens (tertiary/aromatic N) is 3. The predicted octanol–water partition coefficient (Wildman–Crippen LogP) is 4.08. The highest BCUT2D eigenvalue weighted by molar-refractivity contribution is 6.32. The van der Waals surface area contributed by atoms with Crippen LogP contribution in [0.5, 0.6) is 0 Å². The molecule has 2 aromatic heterocycles. The molecule has 0 atom stereocenters. The molecule has 2 aromatic rings. The van der Waals surface area contributed by atoms with Gasteiger partial charge in [0.25, 0.3) is 0 Å². The number of pyridine rings is 1. The summed E-state index contributed by atoms with van der Waals surface area (Å²) in [4.78, 5) is 4.61. The van der Waals surface area contributed by atoms with Crippen molar-refractivity contribution in [3.8, 4) is 5.82 Å². The molecule has 0 spiro atoms. The Morgan fingerprint density at radius 2 is 1.86 bits per heavy atom. The second-order valence-corrected chi connectivity index (χ2v) is 6.88. The van der Waals surface area contributed by atoms with Crippen molar-refractivity contribution >= 4 is 23.2 Å². The molecule has 2 rings (SSSR count). The van der Waals surface area contributed by atoms with E-state index in [-0.39, 0.29) is 5.54 Å². The molecule has 0 amide bonds. The van der Waals surface area contributed by atoms with Crippen LogP contribution in [-0.4, -0.2) is 20.3 Å². The van der Waals surface area contributed by atoms with Crippen molar-refractivity contribution in [2.45, 2.75) is 46.7 Å². The van der Waals surface area contributed by atoms with Crippen LogP contribution in [0.1, 0.15) is 37.9 Å². The van der Waals surface area contributed by atoms with Crippen molar-refractivity contribution in [3.63, 3.8) is 0 Å². The summed E-state index contributed by atoms with van der Waals surface area (Å²) >= 11 is 12.4. The van der Waals surface area contributed by atoms with Gasteiger partial charge in [-0.15, -0.1) is 0 Å². The molecule has 0 aliphatic carbocycles. The van der Waals surface area contributed by atoms with Gasteiger partial charge in [0.15, 0.2) is 5.82 Å². The zero-order valence-electron chi connectivity index (χ0n) is 13.0. The van der Waals surface area contributed by atoms with E-state index in [9.17, 15) is 0 Å². The highest BCUT2D eigenvalue weighted by atomic mass is 35.5. The molecular formula is C15H20Cl2N4. The molecule has 6 heteroatoms. The third-order valence-corrected chi connectivity index (χ3v) is 4.00. The molecule has 0 saturated carbocycles. The van der Waals surface area contributed by atoms with Crippen LogP contribution in [-0.2, 0) is 6.54 Å². The van der Waals surface area contributed by atoms with E-state index in [1.54, 1.807) is 4.68 Å². The highest BCUT2D eigenvalue weighted by Crippen LogP contribution is 2.23. The highest BCUT2D eigenvalue weighted by Gasteiger charge is 2.15. The summed E-state index contributed by atoms with van der Waals surface area (Å²) in [5.41, 5.74) is 2.47. The van der Waals surface area contributed by atoms with Crippen LogP contribution in [0, 0.1) is 13.8 Å². The summed E-state index contributed by atoms with van der Waals surface area (Å²) in [6, 6.07) is 3.69. The first kappa shape index (κ1) is 16.3. The molecule has 0 aliphatic rings. The van der Waals surface area contributed by atoms with Crippen molar-refractivity contribution in [1.29, 1.82) is 0 Å². The van der Waals surface area contributed by atoms with E-state index in [0.717, 1.165) is 22.9 Å². The Kier molecular flexibility index (Phi) is 4.61. The van der Waals surface area contributed by atoms with Crippen LogP contribution in [0.3, 0.4) is 0 Å². The molecule has 0 saturated heterocycles. The average molecular weight is 327 g/mol. The molecule has 1 N–H and O–H groups in total. The second-order valence-electron chi connectivity index (χ2n) is 6.10. The smallest absolute Gasteiger partial charge is 0.154 e. The molecule has 0 aliphatic heterocycles. The van der Waals surface area contributed by atoms with Crippen molar-refractivity contribution in [2.24, 2.45) is 0 Å². The van der Waals surface area contributed by atoms with Crippen LogP contribution >= 0.6 is 23.2 Å². The van der Waals surface area contributed by atoms with E-state index in [2.05, 4.69) is 36.2 Å². The van der Waals surface area contributed by atoms with Crippen molar-refractivity contribution in [1.82, 2.24) is 20.1 Å². The first-order valence-electron chi connectivity index (χ1n) is 6.81. The third kappa shape index (κ3) is 3.76. The SMILES string of the molecule is Cc1nn(-c2ccc(Cl)c(CNC(C)(C)C)n2)c(C)c1Cl. The molecule has 114 valence electrons. The van der Waals surface area contributed by atoms with Gasteiger partial charge in [0, 0.05) is 12.1 Å². The minimum Gasteiger partial charge on any atom is -0.306 e. The average Bonchev–Trinajstić information content (AvgIpc) is 2.65. The lowest BCUT2D eigenvalue weighted by Gasteiger charge is -2.20. The van der Waals surface area contributed by atoms with E-state index >= 15 is 0 Å². The molecule has 0 unspecified atom stereocenters. The van der Waals surface area contributed by atoms with Gasteiger partial charge in [-0.1, -0.05) is 23.2 Å². The third-order valence-electron chi connectivity index (χ3n) is 3.11. The fourth-order valence-electron chi connectivity index (χ4n) is 1.91. The number of nitrogens with one attached hydrogen (secondary N) is 1. The van der Waals surface area contributed by atoms with Gasteiger partial charge < -0.3 is 5.32 Å². The molecule has 0 aromatic carbocycles. The second kappa shape index (κ2) is 5.95. The Labute approximate surface area is 135 Å². The topological polar surface area (TPSA) is 42.7 Å². The van der Waals surface area contributed by atoms with Gasteiger partial charge in [-0.25, -0.2) is 9.67 Å². The van der Waals surface area contributed by atoms with E-state index < -0.39 is 0 Å². The number of aryl methyl sites for hydroxylation is 1. The van der Waals surface area contributed by atoms with Gasteiger partial charge in [0.1, 0.15) is 0 Å². The summed E-state index contributed by atoms with van der Waals surface area (Å²) in [7, 11) is 0. The Hall–Kier alpha value is -1.10. The molecule has 21 heavy (non-hydrogen) atoms. The van der Waals surface area contributed by atoms with E-state index in [1.165, 1.54) is 0 Å². The van der Waals surface area contributed by atoms with Crippen LogP contribution < -0.4 is 5.32 Å². The van der Waals surface area contributed by atoms with Gasteiger partial charge in [-0.3, -0.25) is 0 Å². The molecule has 2 heterocycles. The summed E-state index contributed by atoms with van der Waals surface area (Å²) in [5.74, 6) is 0.720. The summed E-state index contributed by atoms with van der Waals surface area (Å²) in [6.07, 6.45) is 0. The fourth-order valence-corrected chi connectivity index (χ4v) is 2.20. The van der Waals surface area contributed by atoms with E-state index in [1.807, 2.05) is 26.0 Å². The van der Waals surface area contributed by atoms with Gasteiger partial charge in [0.05, 0.1) is 27.1 Å². The fraction of sp³-hybridized carbons (Fsp3) is 0.467. The molecule has 0 radical (unpaired) electrons. The lowest BCUT2D eigenvalue weighted by Crippen LogP contribution is -2.35. The van der Waals surface area contributed by atoms with Crippen LogP contribution in [0.15, 0.2) is 12.1 Å². The Morgan fingerprint density at radius 1 is 1.19 bits per heavy atom. The molecule has 4 nitrogen and oxygen atoms in total. The standard InChI is InChI=1S/C15H20Cl2N4/c1-9-14(17)10(2)21(20-9)13-7-6-11(16)12(19-13)8-18-15(3,4)5/h6-7,18H,8H2,1-5H3. The zero-order valence-corrected chi connectivity index (χ0v) is 14.5. The number of hydrogen-bond acceptors (Lipinski definition) is 3. The number of halogens is 2. The van der Waals surface area contributed by atoms with Crippen molar-refractivity contribution in [3.05, 3.63) is 39.3 Å². The maximum absolute atomic E-state index is 6.23. The molecular weight excluding hydrogens is 307 g/mol. The quantitative estimate of drug-likeness (QED) is 0.924.